The number of halogens is 1. The summed E-state index contributed by atoms with van der Waals surface area (Å²) < 4.78 is 5.08. The second kappa shape index (κ2) is 8.90. The quantitative estimate of drug-likeness (QED) is 0.345. The number of nitrogens with two attached hydrogens (primary N) is 1. The van der Waals surface area contributed by atoms with E-state index < -0.39 is 0 Å². The maximum Gasteiger partial charge on any atom is 0.228 e. The molecular formula is C11H20IN5O. The van der Waals surface area contributed by atoms with Gasteiger partial charge in [0.2, 0.25) is 5.89 Å². The SMILES string of the molecule is C=CCNC(N)=NCCc1nc(C(C)C)no1.I. The Balaban J connectivity index is 0.00000289. The molecule has 0 aromatic carbocycles. The van der Waals surface area contributed by atoms with Crippen LogP contribution < -0.4 is 11.1 Å². The van der Waals surface area contributed by atoms with Gasteiger partial charge in [-0.25, -0.2) is 0 Å². The predicted octanol–water partition coefficient (Wildman–Crippen LogP) is 1.44. The molecule has 0 saturated carbocycles. The molecule has 0 spiro atoms. The van der Waals surface area contributed by atoms with Crippen LogP contribution in [-0.2, 0) is 6.42 Å². The minimum Gasteiger partial charge on any atom is -0.370 e. The van der Waals surface area contributed by atoms with E-state index in [1.54, 1.807) is 6.08 Å². The van der Waals surface area contributed by atoms with E-state index in [-0.39, 0.29) is 29.9 Å². The molecular weight excluding hydrogens is 345 g/mol. The summed E-state index contributed by atoms with van der Waals surface area (Å²) in [4.78, 5) is 8.36. The van der Waals surface area contributed by atoms with Gasteiger partial charge < -0.3 is 15.6 Å². The number of aliphatic imine (C=N–C) groups is 1. The van der Waals surface area contributed by atoms with Crippen molar-refractivity contribution in [2.24, 2.45) is 10.7 Å². The summed E-state index contributed by atoms with van der Waals surface area (Å²) in [5.74, 6) is 1.99. The molecule has 18 heavy (non-hydrogen) atoms. The fraction of sp³-hybridized carbons (Fsp3) is 0.545. The normalized spacial score (nSPS) is 11.2. The lowest BCUT2D eigenvalue weighted by Crippen LogP contribution is -2.31. The van der Waals surface area contributed by atoms with E-state index >= 15 is 0 Å². The van der Waals surface area contributed by atoms with Gasteiger partial charge in [-0.3, -0.25) is 4.99 Å². The third-order valence-electron chi connectivity index (χ3n) is 2.04. The predicted molar refractivity (Wildman–Crippen MR) is 82.2 cm³/mol. The highest BCUT2D eigenvalue weighted by Gasteiger charge is 2.08. The zero-order valence-electron chi connectivity index (χ0n) is 10.7. The second-order valence-electron chi connectivity index (χ2n) is 3.89. The molecule has 1 rings (SSSR count). The molecule has 6 nitrogen and oxygen atoms in total. The van der Waals surface area contributed by atoms with Crippen LogP contribution in [0.25, 0.3) is 0 Å². The molecule has 1 aromatic heterocycles. The van der Waals surface area contributed by atoms with Crippen molar-refractivity contribution in [1.82, 2.24) is 15.5 Å². The van der Waals surface area contributed by atoms with Gasteiger partial charge in [0.1, 0.15) is 0 Å². The molecule has 3 N–H and O–H groups in total. The van der Waals surface area contributed by atoms with Crippen molar-refractivity contribution >= 4 is 29.9 Å². The van der Waals surface area contributed by atoms with Crippen molar-refractivity contribution in [2.45, 2.75) is 26.2 Å². The van der Waals surface area contributed by atoms with Crippen LogP contribution in [0.15, 0.2) is 22.2 Å². The van der Waals surface area contributed by atoms with Crippen molar-refractivity contribution in [2.75, 3.05) is 13.1 Å². The molecule has 7 heteroatoms. The summed E-state index contributed by atoms with van der Waals surface area (Å²) in [5.41, 5.74) is 5.60. The van der Waals surface area contributed by atoms with E-state index in [4.69, 9.17) is 10.3 Å². The van der Waals surface area contributed by atoms with E-state index in [1.807, 2.05) is 13.8 Å². The minimum atomic E-state index is 0. The van der Waals surface area contributed by atoms with Crippen molar-refractivity contribution in [3.05, 3.63) is 24.4 Å². The molecule has 1 heterocycles. The summed E-state index contributed by atoms with van der Waals surface area (Å²) in [6, 6.07) is 0. The van der Waals surface area contributed by atoms with Crippen LogP contribution in [0.4, 0.5) is 0 Å². The molecule has 0 bridgehead atoms. The van der Waals surface area contributed by atoms with Gasteiger partial charge in [0.05, 0.1) is 6.54 Å². The summed E-state index contributed by atoms with van der Waals surface area (Å²) in [5, 5.41) is 6.75. The average molecular weight is 365 g/mol. The molecule has 0 fully saturated rings. The molecule has 0 amide bonds. The lowest BCUT2D eigenvalue weighted by molar-refractivity contribution is 0.372. The molecule has 1 aromatic rings. The molecule has 0 aliphatic heterocycles. The largest absolute Gasteiger partial charge is 0.370 e. The Hall–Kier alpha value is -1.12. The van der Waals surface area contributed by atoms with Crippen LogP contribution >= 0.6 is 24.0 Å². The summed E-state index contributed by atoms with van der Waals surface area (Å²) >= 11 is 0. The van der Waals surface area contributed by atoms with Gasteiger partial charge in [0.15, 0.2) is 11.8 Å². The van der Waals surface area contributed by atoms with Gasteiger partial charge in [-0.1, -0.05) is 25.1 Å². The molecule has 0 aliphatic rings. The van der Waals surface area contributed by atoms with Gasteiger partial charge >= 0.3 is 0 Å². The Bertz CT molecular complexity index is 389. The van der Waals surface area contributed by atoms with Crippen molar-refractivity contribution < 1.29 is 4.52 Å². The number of nitrogens with zero attached hydrogens (tertiary/aromatic N) is 3. The first-order valence-corrected chi connectivity index (χ1v) is 5.60. The Morgan fingerprint density at radius 3 is 2.89 bits per heavy atom. The second-order valence-corrected chi connectivity index (χ2v) is 3.89. The van der Waals surface area contributed by atoms with Gasteiger partial charge in [-0.15, -0.1) is 30.6 Å². The fourth-order valence-corrected chi connectivity index (χ4v) is 1.11. The van der Waals surface area contributed by atoms with Crippen LogP contribution in [0.3, 0.4) is 0 Å². The number of nitrogens with one attached hydrogen (secondary N) is 1. The zero-order valence-corrected chi connectivity index (χ0v) is 13.0. The highest BCUT2D eigenvalue weighted by molar-refractivity contribution is 14.0. The molecule has 0 unspecified atom stereocenters. The lowest BCUT2D eigenvalue weighted by Gasteiger charge is -2.00. The molecule has 0 aliphatic carbocycles. The van der Waals surface area contributed by atoms with E-state index in [0.29, 0.717) is 31.4 Å². The Morgan fingerprint density at radius 2 is 2.33 bits per heavy atom. The monoisotopic (exact) mass is 365 g/mol. The number of guanidine groups is 1. The van der Waals surface area contributed by atoms with Crippen LogP contribution in [0.5, 0.6) is 0 Å². The van der Waals surface area contributed by atoms with E-state index in [2.05, 4.69) is 27.0 Å². The number of rotatable bonds is 6. The highest BCUT2D eigenvalue weighted by Crippen LogP contribution is 2.09. The number of hydrogen-bond acceptors (Lipinski definition) is 4. The maximum absolute atomic E-state index is 5.60. The third-order valence-corrected chi connectivity index (χ3v) is 2.04. The maximum atomic E-state index is 5.60. The van der Waals surface area contributed by atoms with Crippen LogP contribution in [0, 0.1) is 0 Å². The molecule has 0 radical (unpaired) electrons. The van der Waals surface area contributed by atoms with Crippen molar-refractivity contribution in [1.29, 1.82) is 0 Å². The Kier molecular flexibility index (Phi) is 8.34. The summed E-state index contributed by atoms with van der Waals surface area (Å²) in [7, 11) is 0. The van der Waals surface area contributed by atoms with E-state index in [0.717, 1.165) is 5.82 Å². The molecule has 102 valence electrons. The fourth-order valence-electron chi connectivity index (χ4n) is 1.11. The van der Waals surface area contributed by atoms with Crippen LogP contribution in [-0.4, -0.2) is 29.2 Å². The zero-order chi connectivity index (χ0) is 12.7. The van der Waals surface area contributed by atoms with Crippen LogP contribution in [0.2, 0.25) is 0 Å². The summed E-state index contributed by atoms with van der Waals surface area (Å²) in [6.45, 7) is 8.74. The molecule has 0 atom stereocenters. The minimum absolute atomic E-state index is 0. The summed E-state index contributed by atoms with van der Waals surface area (Å²) in [6.07, 6.45) is 2.31. The van der Waals surface area contributed by atoms with Crippen LogP contribution in [0.1, 0.15) is 31.5 Å². The third kappa shape index (κ3) is 5.99. The van der Waals surface area contributed by atoms with E-state index in [1.165, 1.54) is 0 Å². The van der Waals surface area contributed by atoms with Crippen molar-refractivity contribution in [3.63, 3.8) is 0 Å². The van der Waals surface area contributed by atoms with Gasteiger partial charge in [0.25, 0.3) is 0 Å². The topological polar surface area (TPSA) is 89.3 Å². The molecule has 0 saturated heterocycles. The first kappa shape index (κ1) is 16.9. The lowest BCUT2D eigenvalue weighted by atomic mass is 10.2. The number of aromatic nitrogens is 2. The average Bonchev–Trinajstić information content (AvgIpc) is 2.75. The van der Waals surface area contributed by atoms with Crippen molar-refractivity contribution in [3.8, 4) is 0 Å². The van der Waals surface area contributed by atoms with Gasteiger partial charge in [-0.05, 0) is 0 Å². The first-order chi connectivity index (χ1) is 8.13. The standard InChI is InChI=1S/C11H19N5O.HI/c1-4-6-13-11(12)14-7-5-9-15-10(8(2)3)16-17-9;/h4,8H,1,5-7H2,2-3H3,(H3,12,13,14);1H. The Morgan fingerprint density at radius 1 is 1.61 bits per heavy atom. The van der Waals surface area contributed by atoms with Gasteiger partial charge in [-0.2, -0.15) is 4.98 Å². The smallest absolute Gasteiger partial charge is 0.228 e. The number of hydrogen-bond donors (Lipinski definition) is 2. The Labute approximate surface area is 124 Å². The highest BCUT2D eigenvalue weighted by atomic mass is 127. The first-order valence-electron chi connectivity index (χ1n) is 5.60. The van der Waals surface area contributed by atoms with E-state index in [9.17, 15) is 0 Å². The van der Waals surface area contributed by atoms with Gasteiger partial charge in [0, 0.05) is 18.9 Å².